The van der Waals surface area contributed by atoms with E-state index in [0.29, 0.717) is 18.4 Å². The molecular weight excluding hydrogens is 322 g/mol. The summed E-state index contributed by atoms with van der Waals surface area (Å²) in [6.07, 6.45) is 6.38. The van der Waals surface area contributed by atoms with Crippen molar-refractivity contribution in [2.24, 2.45) is 5.92 Å². The van der Waals surface area contributed by atoms with Crippen LogP contribution in [-0.2, 0) is 4.79 Å². The zero-order chi connectivity index (χ0) is 18.4. The number of pyridine rings is 1. The molecule has 0 radical (unpaired) electrons. The van der Waals surface area contributed by atoms with Crippen molar-refractivity contribution in [1.29, 1.82) is 0 Å². The van der Waals surface area contributed by atoms with E-state index in [0.717, 1.165) is 37.1 Å². The van der Waals surface area contributed by atoms with Gasteiger partial charge in [-0.1, -0.05) is 30.3 Å². The van der Waals surface area contributed by atoms with Gasteiger partial charge in [0.05, 0.1) is 6.04 Å². The highest BCUT2D eigenvalue weighted by molar-refractivity contribution is 5.77. The Hall–Kier alpha value is -2.20. The first-order valence-corrected chi connectivity index (χ1v) is 9.61. The van der Waals surface area contributed by atoms with Crippen LogP contribution in [0.4, 0.5) is 0 Å². The average Bonchev–Trinajstić information content (AvgIpc) is 2.68. The van der Waals surface area contributed by atoms with Crippen LogP contribution in [-0.4, -0.2) is 34.9 Å². The summed E-state index contributed by atoms with van der Waals surface area (Å²) in [7, 11) is 0. The molecule has 2 heterocycles. The molecule has 4 heteroatoms. The van der Waals surface area contributed by atoms with Crippen LogP contribution in [0.25, 0.3) is 0 Å². The largest absolute Gasteiger partial charge is 0.345 e. The summed E-state index contributed by atoms with van der Waals surface area (Å²) in [5.41, 5.74) is 2.16. The van der Waals surface area contributed by atoms with Gasteiger partial charge in [-0.3, -0.25) is 9.78 Å². The van der Waals surface area contributed by atoms with Crippen LogP contribution in [0.3, 0.4) is 0 Å². The van der Waals surface area contributed by atoms with Crippen molar-refractivity contribution in [3.8, 4) is 0 Å². The van der Waals surface area contributed by atoms with Crippen LogP contribution in [0.15, 0.2) is 54.9 Å². The number of hydrogen-bond acceptors (Lipinski definition) is 3. The van der Waals surface area contributed by atoms with E-state index in [2.05, 4.69) is 41.2 Å². The molecule has 4 nitrogen and oxygen atoms in total. The first kappa shape index (κ1) is 18.6. The van der Waals surface area contributed by atoms with E-state index < -0.39 is 0 Å². The number of carbonyl (C=O) groups is 1. The first-order chi connectivity index (χ1) is 12.6. The van der Waals surface area contributed by atoms with Crippen molar-refractivity contribution in [1.82, 2.24) is 15.2 Å². The Balaban J connectivity index is 1.63. The highest BCUT2D eigenvalue weighted by Gasteiger charge is 2.24. The van der Waals surface area contributed by atoms with Gasteiger partial charge in [0.25, 0.3) is 0 Å². The van der Waals surface area contributed by atoms with Crippen molar-refractivity contribution < 1.29 is 4.79 Å². The molecular formula is C22H29N3O. The molecule has 1 fully saturated rings. The monoisotopic (exact) mass is 351 g/mol. The lowest BCUT2D eigenvalue weighted by molar-refractivity contribution is -0.122. The van der Waals surface area contributed by atoms with Crippen LogP contribution in [0.2, 0.25) is 0 Å². The summed E-state index contributed by atoms with van der Waals surface area (Å²) in [6, 6.07) is 14.6. The maximum atomic E-state index is 12.7. The molecule has 1 atom stereocenters. The minimum Gasteiger partial charge on any atom is -0.345 e. The minimum absolute atomic E-state index is 0.123. The van der Waals surface area contributed by atoms with Gasteiger partial charge < -0.3 is 10.2 Å². The van der Waals surface area contributed by atoms with Crippen molar-refractivity contribution in [2.75, 3.05) is 13.1 Å². The zero-order valence-electron chi connectivity index (χ0n) is 15.8. The Bertz CT molecular complexity index is 640. The van der Waals surface area contributed by atoms with Crippen LogP contribution in [0.5, 0.6) is 0 Å². The van der Waals surface area contributed by atoms with Crippen LogP contribution < -0.4 is 5.32 Å². The minimum atomic E-state index is -0.123. The molecule has 0 bridgehead atoms. The Kier molecular flexibility index (Phi) is 6.40. The quantitative estimate of drug-likeness (QED) is 0.861. The molecule has 3 rings (SSSR count). The third-order valence-corrected chi connectivity index (χ3v) is 5.33. The van der Waals surface area contributed by atoms with Crippen molar-refractivity contribution in [3.63, 3.8) is 0 Å². The van der Waals surface area contributed by atoms with E-state index in [1.54, 1.807) is 12.4 Å². The number of piperidine rings is 1. The fourth-order valence-corrected chi connectivity index (χ4v) is 3.72. The summed E-state index contributed by atoms with van der Waals surface area (Å²) in [4.78, 5) is 19.3. The standard InChI is InChI=1S/C22H29N3O/c1-17(2)25-14-10-18(11-15-25)16-21(26)24-22(19-6-4-3-5-7-19)20-8-12-23-13-9-20/h3-9,12-13,17-18,22H,10-11,14-16H2,1-2H3,(H,24,26). The number of carbonyl (C=O) groups excluding carboxylic acids is 1. The average molecular weight is 351 g/mol. The molecule has 138 valence electrons. The number of amides is 1. The van der Waals surface area contributed by atoms with Gasteiger partial charge in [0, 0.05) is 24.9 Å². The highest BCUT2D eigenvalue weighted by atomic mass is 16.1. The van der Waals surface area contributed by atoms with Crippen LogP contribution in [0.1, 0.15) is 50.3 Å². The molecule has 1 amide bonds. The maximum absolute atomic E-state index is 12.7. The second-order valence-electron chi connectivity index (χ2n) is 7.47. The summed E-state index contributed by atoms with van der Waals surface area (Å²) in [5.74, 6) is 0.623. The number of likely N-dealkylation sites (tertiary alicyclic amines) is 1. The number of nitrogens with zero attached hydrogens (tertiary/aromatic N) is 2. The lowest BCUT2D eigenvalue weighted by Gasteiger charge is -2.34. The van der Waals surface area contributed by atoms with Gasteiger partial charge in [-0.15, -0.1) is 0 Å². The van der Waals surface area contributed by atoms with E-state index in [4.69, 9.17) is 0 Å². The molecule has 0 spiro atoms. The summed E-state index contributed by atoms with van der Waals surface area (Å²) < 4.78 is 0. The summed E-state index contributed by atoms with van der Waals surface area (Å²) in [6.45, 7) is 6.68. The van der Waals surface area contributed by atoms with Crippen molar-refractivity contribution in [2.45, 2.75) is 45.2 Å². The third-order valence-electron chi connectivity index (χ3n) is 5.33. The predicted octanol–water partition coefficient (Wildman–Crippen LogP) is 3.80. The second kappa shape index (κ2) is 8.95. The molecule has 1 saturated heterocycles. The van der Waals surface area contributed by atoms with Crippen LogP contribution >= 0.6 is 0 Å². The lowest BCUT2D eigenvalue weighted by Crippen LogP contribution is -2.40. The van der Waals surface area contributed by atoms with Crippen LogP contribution in [0, 0.1) is 5.92 Å². The SMILES string of the molecule is CC(C)N1CCC(CC(=O)NC(c2ccccc2)c2ccncc2)CC1. The predicted molar refractivity (Wildman–Crippen MR) is 105 cm³/mol. The fourth-order valence-electron chi connectivity index (χ4n) is 3.72. The van der Waals surface area contributed by atoms with Crippen molar-refractivity contribution >= 4 is 5.91 Å². The Morgan fingerprint density at radius 2 is 1.69 bits per heavy atom. The Morgan fingerprint density at radius 1 is 1.08 bits per heavy atom. The van der Waals surface area contributed by atoms with Gasteiger partial charge >= 0.3 is 0 Å². The fraction of sp³-hybridized carbons (Fsp3) is 0.455. The van der Waals surface area contributed by atoms with Gasteiger partial charge in [-0.25, -0.2) is 0 Å². The number of hydrogen-bond donors (Lipinski definition) is 1. The van der Waals surface area contributed by atoms with Gasteiger partial charge in [-0.2, -0.15) is 0 Å². The summed E-state index contributed by atoms with van der Waals surface area (Å²) in [5, 5.41) is 3.25. The van der Waals surface area contributed by atoms with E-state index in [-0.39, 0.29) is 11.9 Å². The molecule has 1 aromatic carbocycles. The van der Waals surface area contributed by atoms with Gasteiger partial charge in [0.2, 0.25) is 5.91 Å². The van der Waals surface area contributed by atoms with Gasteiger partial charge in [0.1, 0.15) is 0 Å². The van der Waals surface area contributed by atoms with Gasteiger partial charge in [0.15, 0.2) is 0 Å². The third kappa shape index (κ3) is 4.92. The highest BCUT2D eigenvalue weighted by Crippen LogP contribution is 2.24. The van der Waals surface area contributed by atoms with E-state index in [1.807, 2.05) is 30.3 Å². The normalized spacial score (nSPS) is 17.2. The Morgan fingerprint density at radius 3 is 2.31 bits per heavy atom. The Labute approximate surface area is 156 Å². The second-order valence-corrected chi connectivity index (χ2v) is 7.47. The molecule has 26 heavy (non-hydrogen) atoms. The van der Waals surface area contributed by atoms with Crippen molar-refractivity contribution in [3.05, 3.63) is 66.0 Å². The first-order valence-electron chi connectivity index (χ1n) is 9.61. The van der Waals surface area contributed by atoms with Gasteiger partial charge in [-0.05, 0) is 69.0 Å². The molecule has 1 unspecified atom stereocenters. The van der Waals surface area contributed by atoms with E-state index in [1.165, 1.54) is 0 Å². The number of nitrogens with one attached hydrogen (secondary N) is 1. The summed E-state index contributed by atoms with van der Waals surface area (Å²) >= 11 is 0. The van der Waals surface area contributed by atoms with E-state index >= 15 is 0 Å². The molecule has 1 N–H and O–H groups in total. The number of aromatic nitrogens is 1. The number of benzene rings is 1. The maximum Gasteiger partial charge on any atom is 0.221 e. The smallest absolute Gasteiger partial charge is 0.221 e. The topological polar surface area (TPSA) is 45.2 Å². The molecule has 0 saturated carbocycles. The molecule has 2 aromatic rings. The lowest BCUT2D eigenvalue weighted by atomic mass is 9.92. The number of rotatable bonds is 6. The molecule has 0 aliphatic carbocycles. The molecule has 1 aromatic heterocycles. The van der Waals surface area contributed by atoms with E-state index in [9.17, 15) is 4.79 Å². The zero-order valence-corrected chi connectivity index (χ0v) is 15.8. The molecule has 1 aliphatic heterocycles. The molecule has 1 aliphatic rings.